The van der Waals surface area contributed by atoms with Crippen molar-refractivity contribution in [3.8, 4) is 0 Å². The minimum Gasteiger partial charge on any atom is -0.370 e. The summed E-state index contributed by atoms with van der Waals surface area (Å²) in [5, 5.41) is 3.37. The molecule has 1 saturated heterocycles. The van der Waals surface area contributed by atoms with Crippen LogP contribution in [-0.2, 0) is 4.79 Å². The van der Waals surface area contributed by atoms with E-state index in [1.54, 1.807) is 0 Å². The van der Waals surface area contributed by atoms with E-state index in [2.05, 4.69) is 15.2 Å². The molecule has 22 heavy (non-hydrogen) atoms. The predicted octanol–water partition coefficient (Wildman–Crippen LogP) is 2.24. The summed E-state index contributed by atoms with van der Waals surface area (Å²) in [6, 6.07) is 1.03. The summed E-state index contributed by atoms with van der Waals surface area (Å²) < 4.78 is 0. The maximum atomic E-state index is 11.9. The highest BCUT2D eigenvalue weighted by molar-refractivity contribution is 14.0. The van der Waals surface area contributed by atoms with Crippen molar-refractivity contribution < 1.29 is 4.79 Å². The highest BCUT2D eigenvalue weighted by Crippen LogP contribution is 2.32. The van der Waals surface area contributed by atoms with Crippen LogP contribution in [0.3, 0.4) is 0 Å². The maximum absolute atomic E-state index is 11.9. The number of nitrogens with two attached hydrogens (primary N) is 1. The van der Waals surface area contributed by atoms with Gasteiger partial charge in [-0.1, -0.05) is 25.7 Å². The van der Waals surface area contributed by atoms with Gasteiger partial charge in [0.1, 0.15) is 0 Å². The van der Waals surface area contributed by atoms with Crippen LogP contribution >= 0.6 is 24.0 Å². The van der Waals surface area contributed by atoms with Crippen LogP contribution in [0.1, 0.15) is 57.8 Å². The SMILES string of the molecule is I.NC(=NCC1CC(=O)N(C2CC2)C1)NC1CCCCCC1. The molecular weight excluding hydrogens is 391 g/mol. The second kappa shape index (κ2) is 8.36. The average Bonchev–Trinajstić information content (AvgIpc) is 3.26. The van der Waals surface area contributed by atoms with E-state index < -0.39 is 0 Å². The third kappa shape index (κ3) is 4.99. The highest BCUT2D eigenvalue weighted by Gasteiger charge is 2.39. The van der Waals surface area contributed by atoms with Crippen LogP contribution in [0.4, 0.5) is 0 Å². The van der Waals surface area contributed by atoms with Crippen molar-refractivity contribution in [1.29, 1.82) is 0 Å². The molecule has 2 aliphatic carbocycles. The lowest BCUT2D eigenvalue weighted by atomic mass is 10.1. The molecule has 0 aromatic heterocycles. The van der Waals surface area contributed by atoms with Crippen molar-refractivity contribution in [3.63, 3.8) is 0 Å². The molecule has 1 heterocycles. The van der Waals surface area contributed by atoms with Crippen LogP contribution in [0.5, 0.6) is 0 Å². The number of nitrogens with zero attached hydrogens (tertiary/aromatic N) is 2. The van der Waals surface area contributed by atoms with Crippen LogP contribution in [-0.4, -0.2) is 41.9 Å². The lowest BCUT2D eigenvalue weighted by molar-refractivity contribution is -0.128. The van der Waals surface area contributed by atoms with Gasteiger partial charge in [-0.2, -0.15) is 0 Å². The number of carbonyl (C=O) groups excluding carboxylic acids is 1. The number of likely N-dealkylation sites (tertiary alicyclic amines) is 1. The summed E-state index contributed by atoms with van der Waals surface area (Å²) in [6.07, 6.45) is 10.7. The van der Waals surface area contributed by atoms with E-state index in [0.717, 1.165) is 6.54 Å². The van der Waals surface area contributed by atoms with E-state index in [0.29, 0.717) is 42.8 Å². The van der Waals surface area contributed by atoms with Gasteiger partial charge in [-0.15, -0.1) is 24.0 Å². The first kappa shape index (κ1) is 17.8. The molecule has 3 rings (SSSR count). The molecule has 0 radical (unpaired) electrons. The Hall–Kier alpha value is -0.530. The highest BCUT2D eigenvalue weighted by atomic mass is 127. The Morgan fingerprint density at radius 1 is 1.18 bits per heavy atom. The van der Waals surface area contributed by atoms with Gasteiger partial charge in [-0.05, 0) is 25.7 Å². The molecule has 6 heteroatoms. The van der Waals surface area contributed by atoms with Crippen molar-refractivity contribution in [2.24, 2.45) is 16.6 Å². The number of rotatable bonds is 4. The lowest BCUT2D eigenvalue weighted by Gasteiger charge is -2.17. The number of amides is 1. The summed E-state index contributed by atoms with van der Waals surface area (Å²) in [7, 11) is 0. The third-order valence-corrected chi connectivity index (χ3v) is 4.95. The largest absolute Gasteiger partial charge is 0.370 e. The van der Waals surface area contributed by atoms with Gasteiger partial charge in [-0.3, -0.25) is 9.79 Å². The van der Waals surface area contributed by atoms with Gasteiger partial charge in [0.05, 0.1) is 0 Å². The summed E-state index contributed by atoms with van der Waals surface area (Å²) in [6.45, 7) is 1.56. The zero-order valence-electron chi connectivity index (χ0n) is 13.3. The van der Waals surface area contributed by atoms with E-state index in [1.807, 2.05) is 0 Å². The van der Waals surface area contributed by atoms with Crippen molar-refractivity contribution in [2.45, 2.75) is 69.9 Å². The molecule has 3 N–H and O–H groups in total. The summed E-state index contributed by atoms with van der Waals surface area (Å²) in [5.74, 6) is 1.24. The van der Waals surface area contributed by atoms with E-state index in [4.69, 9.17) is 5.73 Å². The lowest BCUT2D eigenvalue weighted by Crippen LogP contribution is -2.40. The average molecular weight is 420 g/mol. The molecule has 0 bridgehead atoms. The zero-order chi connectivity index (χ0) is 14.7. The number of aliphatic imine (C=N–C) groups is 1. The number of hydrogen-bond acceptors (Lipinski definition) is 2. The topological polar surface area (TPSA) is 70.7 Å². The number of halogens is 1. The Labute approximate surface area is 150 Å². The molecule has 1 atom stereocenters. The van der Waals surface area contributed by atoms with Crippen LogP contribution in [0.2, 0.25) is 0 Å². The maximum Gasteiger partial charge on any atom is 0.223 e. The molecule has 5 nitrogen and oxygen atoms in total. The fraction of sp³-hybridized carbons (Fsp3) is 0.875. The molecule has 0 aromatic rings. The van der Waals surface area contributed by atoms with Gasteiger partial charge in [-0.25, -0.2) is 0 Å². The molecule has 1 unspecified atom stereocenters. The van der Waals surface area contributed by atoms with Gasteiger partial charge in [0.2, 0.25) is 5.91 Å². The zero-order valence-corrected chi connectivity index (χ0v) is 15.6. The molecule has 0 aromatic carbocycles. The van der Waals surface area contributed by atoms with Crippen molar-refractivity contribution in [1.82, 2.24) is 10.2 Å². The summed E-state index contributed by atoms with van der Waals surface area (Å²) in [5.41, 5.74) is 6.02. The van der Waals surface area contributed by atoms with Crippen molar-refractivity contribution in [2.75, 3.05) is 13.1 Å². The molecule has 3 fully saturated rings. The third-order valence-electron chi connectivity index (χ3n) is 4.95. The summed E-state index contributed by atoms with van der Waals surface area (Å²) >= 11 is 0. The smallest absolute Gasteiger partial charge is 0.223 e. The van der Waals surface area contributed by atoms with Crippen LogP contribution in [0.25, 0.3) is 0 Å². The van der Waals surface area contributed by atoms with Crippen LogP contribution in [0.15, 0.2) is 4.99 Å². The second-order valence-electron chi connectivity index (χ2n) is 6.91. The molecular formula is C16H29IN4O. The molecule has 1 aliphatic heterocycles. The van der Waals surface area contributed by atoms with Crippen LogP contribution < -0.4 is 11.1 Å². The van der Waals surface area contributed by atoms with Crippen molar-refractivity contribution in [3.05, 3.63) is 0 Å². The van der Waals surface area contributed by atoms with Gasteiger partial charge in [0.15, 0.2) is 5.96 Å². The molecule has 0 spiro atoms. The first-order valence-electron chi connectivity index (χ1n) is 8.58. The fourth-order valence-corrected chi connectivity index (χ4v) is 3.58. The molecule has 1 amide bonds. The predicted molar refractivity (Wildman–Crippen MR) is 99.4 cm³/mol. The molecule has 3 aliphatic rings. The Morgan fingerprint density at radius 3 is 2.50 bits per heavy atom. The fourth-order valence-electron chi connectivity index (χ4n) is 3.58. The standard InChI is InChI=1S/C16H28N4O.HI/c17-16(19-13-5-3-1-2-4-6-13)18-10-12-9-15(21)20(11-12)14-7-8-14;/h12-14H,1-11H2,(H3,17,18,19);1H. The van der Waals surface area contributed by atoms with Gasteiger partial charge in [0.25, 0.3) is 0 Å². The Kier molecular flexibility index (Phi) is 6.77. The monoisotopic (exact) mass is 420 g/mol. The first-order chi connectivity index (χ1) is 10.2. The van der Waals surface area contributed by atoms with E-state index in [-0.39, 0.29) is 24.0 Å². The number of hydrogen-bond donors (Lipinski definition) is 2. The number of guanidine groups is 1. The van der Waals surface area contributed by atoms with E-state index in [9.17, 15) is 4.79 Å². The quantitative estimate of drug-likeness (QED) is 0.317. The van der Waals surface area contributed by atoms with E-state index >= 15 is 0 Å². The molecule has 126 valence electrons. The molecule has 2 saturated carbocycles. The van der Waals surface area contributed by atoms with Crippen LogP contribution in [0, 0.1) is 5.92 Å². The minimum absolute atomic E-state index is 0. The Balaban J connectivity index is 0.00000176. The second-order valence-corrected chi connectivity index (χ2v) is 6.91. The van der Waals surface area contributed by atoms with Gasteiger partial charge < -0.3 is 16.0 Å². The first-order valence-corrected chi connectivity index (χ1v) is 8.58. The minimum atomic E-state index is 0. The number of carbonyl (C=O) groups is 1. The summed E-state index contributed by atoms with van der Waals surface area (Å²) in [4.78, 5) is 18.4. The van der Waals surface area contributed by atoms with Gasteiger partial charge in [0, 0.05) is 37.5 Å². The van der Waals surface area contributed by atoms with Gasteiger partial charge >= 0.3 is 0 Å². The Bertz CT molecular complexity index is 403. The normalized spacial score (nSPS) is 27.5. The van der Waals surface area contributed by atoms with E-state index in [1.165, 1.54) is 51.4 Å². The Morgan fingerprint density at radius 2 is 1.86 bits per heavy atom. The van der Waals surface area contributed by atoms with Crippen molar-refractivity contribution >= 4 is 35.8 Å². The number of nitrogens with one attached hydrogen (secondary N) is 1.